The number of rotatable bonds is 7. The van der Waals surface area contributed by atoms with Crippen LogP contribution in [-0.2, 0) is 9.59 Å². The monoisotopic (exact) mass is 260 g/mol. The van der Waals surface area contributed by atoms with Gasteiger partial charge in [0.15, 0.2) is 0 Å². The van der Waals surface area contributed by atoms with Crippen molar-refractivity contribution in [2.24, 2.45) is 0 Å². The van der Waals surface area contributed by atoms with Crippen molar-refractivity contribution in [2.75, 3.05) is 13.6 Å². The maximum absolute atomic E-state index is 11.0. The molecule has 2 N–H and O–H groups in total. The van der Waals surface area contributed by atoms with Crippen molar-refractivity contribution in [3.8, 4) is 0 Å². The first-order valence-electron chi connectivity index (χ1n) is 7.00. The lowest BCUT2D eigenvalue weighted by Gasteiger charge is -2.11. The van der Waals surface area contributed by atoms with Crippen molar-refractivity contribution in [2.45, 2.75) is 66.8 Å². The van der Waals surface area contributed by atoms with Crippen molar-refractivity contribution >= 4 is 11.7 Å². The number of carbonyl (C=O) groups excluding carboxylic acids is 2. The van der Waals surface area contributed by atoms with E-state index in [2.05, 4.69) is 10.6 Å². The number of hydrogen-bond donors (Lipinski definition) is 2. The highest BCUT2D eigenvalue weighted by atomic mass is 16.1. The summed E-state index contributed by atoms with van der Waals surface area (Å²) < 4.78 is 0. The second kappa shape index (κ2) is 18.5. The van der Waals surface area contributed by atoms with E-state index in [0.717, 1.165) is 19.3 Å². The van der Waals surface area contributed by atoms with Crippen LogP contribution in [0.2, 0.25) is 0 Å². The van der Waals surface area contributed by atoms with Crippen LogP contribution in [0.5, 0.6) is 0 Å². The molecule has 0 aliphatic carbocycles. The van der Waals surface area contributed by atoms with Gasteiger partial charge in [0.05, 0.1) is 6.04 Å². The summed E-state index contributed by atoms with van der Waals surface area (Å²) in [5, 5.41) is 5.69. The van der Waals surface area contributed by atoms with E-state index >= 15 is 0 Å². The van der Waals surface area contributed by atoms with Crippen LogP contribution in [0.25, 0.3) is 0 Å². The summed E-state index contributed by atoms with van der Waals surface area (Å²) in [7, 11) is 1.79. The molecule has 1 unspecified atom stereocenters. The van der Waals surface area contributed by atoms with Crippen LogP contribution in [0.1, 0.15) is 60.8 Å². The summed E-state index contributed by atoms with van der Waals surface area (Å²) in [5.41, 5.74) is 0. The summed E-state index contributed by atoms with van der Waals surface area (Å²) in [5.74, 6) is 0.175. The van der Waals surface area contributed by atoms with Gasteiger partial charge >= 0.3 is 0 Å². The number of hydrogen-bond acceptors (Lipinski definition) is 3. The second-order valence-electron chi connectivity index (χ2n) is 3.43. The average molecular weight is 260 g/mol. The van der Waals surface area contributed by atoms with Crippen molar-refractivity contribution in [3.05, 3.63) is 0 Å². The average Bonchev–Trinajstić information content (AvgIpc) is 2.37. The van der Waals surface area contributed by atoms with Crippen LogP contribution in [0, 0.1) is 0 Å². The topological polar surface area (TPSA) is 58.2 Å². The number of carbonyl (C=O) groups is 2. The van der Waals surface area contributed by atoms with Crippen LogP contribution in [-0.4, -0.2) is 31.3 Å². The summed E-state index contributed by atoms with van der Waals surface area (Å²) in [6.07, 6.45) is 2.71. The molecule has 0 radical (unpaired) electrons. The van der Waals surface area contributed by atoms with Crippen molar-refractivity contribution in [3.63, 3.8) is 0 Å². The first-order valence-corrected chi connectivity index (χ1v) is 7.00. The second-order valence-corrected chi connectivity index (χ2v) is 3.43. The molecule has 0 saturated heterocycles. The molecule has 4 nitrogen and oxygen atoms in total. The van der Waals surface area contributed by atoms with E-state index in [0.29, 0.717) is 6.54 Å². The third-order valence-corrected chi connectivity index (χ3v) is 2.13. The number of amides is 1. The van der Waals surface area contributed by atoms with E-state index in [4.69, 9.17) is 0 Å². The quantitative estimate of drug-likeness (QED) is 0.692. The lowest BCUT2D eigenvalue weighted by molar-refractivity contribution is -0.120. The third kappa shape index (κ3) is 17.5. The molecule has 0 aromatic carbocycles. The number of unbranched alkanes of at least 4 members (excludes halogenated alkanes) is 1. The van der Waals surface area contributed by atoms with Gasteiger partial charge in [0.25, 0.3) is 0 Å². The Kier molecular flexibility index (Phi) is 22.9. The first-order chi connectivity index (χ1) is 8.57. The highest BCUT2D eigenvalue weighted by molar-refractivity contribution is 5.81. The predicted molar refractivity (Wildman–Crippen MR) is 78.8 cm³/mol. The Balaban J connectivity index is -0.000000506. The Morgan fingerprint density at radius 2 is 1.50 bits per heavy atom. The highest BCUT2D eigenvalue weighted by Crippen LogP contribution is 2.00. The van der Waals surface area contributed by atoms with Crippen molar-refractivity contribution in [1.82, 2.24) is 10.6 Å². The molecule has 0 fully saturated rings. The Morgan fingerprint density at radius 3 is 1.83 bits per heavy atom. The third-order valence-electron chi connectivity index (χ3n) is 2.13. The summed E-state index contributed by atoms with van der Waals surface area (Å²) in [4.78, 5) is 21.5. The molecule has 0 heterocycles. The van der Waals surface area contributed by atoms with Gasteiger partial charge in [0.1, 0.15) is 5.78 Å². The Hall–Kier alpha value is -0.900. The molecule has 0 rings (SSSR count). The zero-order chi connectivity index (χ0) is 15.0. The lowest BCUT2D eigenvalue weighted by atomic mass is 10.1. The molecule has 0 aliphatic heterocycles. The minimum Gasteiger partial charge on any atom is -0.356 e. The van der Waals surface area contributed by atoms with E-state index in [9.17, 15) is 9.59 Å². The van der Waals surface area contributed by atoms with E-state index in [1.807, 2.05) is 27.7 Å². The Labute approximate surface area is 113 Å². The van der Waals surface area contributed by atoms with Crippen LogP contribution >= 0.6 is 0 Å². The largest absolute Gasteiger partial charge is 0.356 e. The van der Waals surface area contributed by atoms with Gasteiger partial charge in [-0.25, -0.2) is 0 Å². The summed E-state index contributed by atoms with van der Waals surface area (Å²) >= 11 is 0. The maximum atomic E-state index is 11.0. The standard InChI is InChI=1S/C10H20N2O2.2C2H6/c1-8(13)10(11-3)6-4-5-7-12-9(2)14;2*1-2/h10-11H,4-7H2,1-3H3,(H,12,14);2*1-2H3. The summed E-state index contributed by atoms with van der Waals surface area (Å²) in [6, 6.07) is -0.0349. The van der Waals surface area contributed by atoms with Gasteiger partial charge < -0.3 is 10.6 Å². The lowest BCUT2D eigenvalue weighted by Crippen LogP contribution is -2.32. The van der Waals surface area contributed by atoms with Gasteiger partial charge in [-0.1, -0.05) is 27.7 Å². The molecule has 4 heteroatoms. The minimum absolute atomic E-state index is 0.00161. The van der Waals surface area contributed by atoms with E-state index in [1.54, 1.807) is 14.0 Å². The van der Waals surface area contributed by atoms with Crippen molar-refractivity contribution in [1.29, 1.82) is 0 Å². The van der Waals surface area contributed by atoms with E-state index < -0.39 is 0 Å². The fraction of sp³-hybridized carbons (Fsp3) is 0.857. The van der Waals surface area contributed by atoms with Crippen molar-refractivity contribution < 1.29 is 9.59 Å². The number of likely N-dealkylation sites (N-methyl/N-ethyl adjacent to an activating group) is 1. The molecule has 0 saturated carbocycles. The van der Waals surface area contributed by atoms with Crippen LogP contribution in [0.4, 0.5) is 0 Å². The maximum Gasteiger partial charge on any atom is 0.216 e. The predicted octanol–water partition coefficient (Wildman–Crippen LogP) is 2.52. The van der Waals surface area contributed by atoms with Gasteiger partial charge in [-0.05, 0) is 33.2 Å². The molecular formula is C14H32N2O2. The number of Topliss-reactive ketones (excluding diaryl/α,β-unsaturated/α-hetero) is 1. The van der Waals surface area contributed by atoms with E-state index in [-0.39, 0.29) is 17.7 Å². The minimum atomic E-state index is -0.0349. The first kappa shape index (κ1) is 22.3. The molecule has 1 amide bonds. The molecule has 110 valence electrons. The summed E-state index contributed by atoms with van der Waals surface area (Å²) in [6.45, 7) is 11.8. The number of ketones is 1. The molecule has 0 bridgehead atoms. The highest BCUT2D eigenvalue weighted by Gasteiger charge is 2.09. The Morgan fingerprint density at radius 1 is 1.00 bits per heavy atom. The van der Waals surface area contributed by atoms with Crippen LogP contribution in [0.3, 0.4) is 0 Å². The van der Waals surface area contributed by atoms with Gasteiger partial charge in [-0.3, -0.25) is 9.59 Å². The van der Waals surface area contributed by atoms with Gasteiger partial charge in [0.2, 0.25) is 5.91 Å². The molecule has 0 aromatic rings. The van der Waals surface area contributed by atoms with Crippen LogP contribution < -0.4 is 10.6 Å². The molecule has 0 spiro atoms. The Bertz CT molecular complexity index is 194. The fourth-order valence-electron chi connectivity index (χ4n) is 1.29. The van der Waals surface area contributed by atoms with Gasteiger partial charge in [0, 0.05) is 13.5 Å². The SMILES string of the molecule is CC.CC.CNC(CCCCNC(C)=O)C(C)=O. The van der Waals surface area contributed by atoms with Crippen LogP contribution in [0.15, 0.2) is 0 Å². The molecule has 0 aliphatic rings. The van der Waals surface area contributed by atoms with E-state index in [1.165, 1.54) is 6.92 Å². The van der Waals surface area contributed by atoms with Gasteiger partial charge in [-0.15, -0.1) is 0 Å². The normalized spacial score (nSPS) is 10.2. The number of nitrogens with one attached hydrogen (secondary N) is 2. The molecular weight excluding hydrogens is 228 g/mol. The zero-order valence-corrected chi connectivity index (χ0v) is 13.2. The molecule has 18 heavy (non-hydrogen) atoms. The molecule has 1 atom stereocenters. The fourth-order valence-corrected chi connectivity index (χ4v) is 1.29. The zero-order valence-electron chi connectivity index (χ0n) is 13.2. The smallest absolute Gasteiger partial charge is 0.216 e. The molecule has 0 aromatic heterocycles. The van der Waals surface area contributed by atoms with Gasteiger partial charge in [-0.2, -0.15) is 0 Å².